The third-order valence-electron chi connectivity index (χ3n) is 3.75. The number of rotatable bonds is 1. The average molecular weight is 253 g/mol. The normalized spacial score (nSPS) is 11.0. The molecule has 0 atom stereocenters. The van der Waals surface area contributed by atoms with Gasteiger partial charge in [-0.2, -0.15) is 0 Å². The fourth-order valence-electron chi connectivity index (χ4n) is 2.69. The summed E-state index contributed by atoms with van der Waals surface area (Å²) < 4.78 is 0. The van der Waals surface area contributed by atoms with Crippen LogP contribution in [0.5, 0.6) is 0 Å². The van der Waals surface area contributed by atoms with Crippen LogP contribution in [-0.2, 0) is 0 Å². The van der Waals surface area contributed by atoms with Gasteiger partial charge in [0.1, 0.15) is 0 Å². The van der Waals surface area contributed by atoms with Gasteiger partial charge >= 0.3 is 0 Å². The maximum absolute atomic E-state index is 3.14. The van der Waals surface area contributed by atoms with Gasteiger partial charge in [-0.05, 0) is 63.0 Å². The monoisotopic (exact) mass is 253 g/mol. The van der Waals surface area contributed by atoms with Gasteiger partial charge in [-0.15, -0.1) is 0 Å². The minimum Gasteiger partial charge on any atom is -0.0616 e. The Hall–Kier alpha value is -2.60. The Kier molecular flexibility index (Phi) is 2.53. The zero-order chi connectivity index (χ0) is 13.4. The largest absolute Gasteiger partial charge is 0.0616 e. The number of hydrogen-bond acceptors (Lipinski definition) is 0. The second kappa shape index (κ2) is 4.50. The molecule has 20 heavy (non-hydrogen) atoms. The van der Waals surface area contributed by atoms with Gasteiger partial charge in [-0.25, -0.2) is 0 Å². The standard InChI is InChI=1S/C20H13/c1-2-6-15(7-3-1)18-10-11-19-12-16-8-4-5-9-17(16)13-20(19)14-18/h1-2,4-14H. The molecule has 0 saturated carbocycles. The maximum Gasteiger partial charge on any atom is -0.0171 e. The highest BCUT2D eigenvalue weighted by Crippen LogP contribution is 2.27. The summed E-state index contributed by atoms with van der Waals surface area (Å²) in [5, 5.41) is 5.15. The van der Waals surface area contributed by atoms with Crippen LogP contribution in [0, 0.1) is 6.07 Å². The lowest BCUT2D eigenvalue weighted by atomic mass is 9.99. The molecule has 0 amide bonds. The highest BCUT2D eigenvalue weighted by molar-refractivity contribution is 5.99. The lowest BCUT2D eigenvalue weighted by Crippen LogP contribution is -1.80. The van der Waals surface area contributed by atoms with Gasteiger partial charge < -0.3 is 0 Å². The average Bonchev–Trinajstić information content (AvgIpc) is 2.53. The van der Waals surface area contributed by atoms with Crippen molar-refractivity contribution in [3.63, 3.8) is 0 Å². The van der Waals surface area contributed by atoms with Crippen LogP contribution < -0.4 is 0 Å². The van der Waals surface area contributed by atoms with Crippen molar-refractivity contribution in [3.05, 3.63) is 84.9 Å². The molecule has 0 aliphatic heterocycles. The predicted octanol–water partition coefficient (Wildman–Crippen LogP) is 5.46. The fourth-order valence-corrected chi connectivity index (χ4v) is 2.69. The van der Waals surface area contributed by atoms with Gasteiger partial charge in [0.15, 0.2) is 0 Å². The first kappa shape index (κ1) is 11.2. The number of hydrogen-bond donors (Lipinski definition) is 0. The van der Waals surface area contributed by atoms with Crippen molar-refractivity contribution in [1.29, 1.82) is 0 Å². The molecule has 0 aromatic heterocycles. The molecule has 1 radical (unpaired) electrons. The predicted molar refractivity (Wildman–Crippen MR) is 85.7 cm³/mol. The van der Waals surface area contributed by atoms with Gasteiger partial charge in [-0.1, -0.05) is 54.6 Å². The van der Waals surface area contributed by atoms with E-state index in [2.05, 4.69) is 66.7 Å². The zero-order valence-electron chi connectivity index (χ0n) is 11.0. The van der Waals surface area contributed by atoms with E-state index in [-0.39, 0.29) is 0 Å². The summed E-state index contributed by atoms with van der Waals surface area (Å²) in [4.78, 5) is 0. The van der Waals surface area contributed by atoms with Crippen molar-refractivity contribution in [1.82, 2.24) is 0 Å². The van der Waals surface area contributed by atoms with Gasteiger partial charge in [0.05, 0.1) is 0 Å². The van der Waals surface area contributed by atoms with Crippen LogP contribution in [0.1, 0.15) is 0 Å². The Morgan fingerprint density at radius 2 is 1.30 bits per heavy atom. The molecule has 4 rings (SSSR count). The highest BCUT2D eigenvalue weighted by atomic mass is 14.1. The topological polar surface area (TPSA) is 0 Å². The van der Waals surface area contributed by atoms with E-state index < -0.39 is 0 Å². The molecule has 0 bridgehead atoms. The SMILES string of the molecule is [c]1cccc(-c2ccc3cc4ccccc4cc3c2)c1. The highest BCUT2D eigenvalue weighted by Gasteiger charge is 2.01. The Morgan fingerprint density at radius 3 is 2.05 bits per heavy atom. The first-order valence-electron chi connectivity index (χ1n) is 6.79. The Labute approximate surface area is 118 Å². The van der Waals surface area contributed by atoms with Gasteiger partial charge in [0.2, 0.25) is 0 Å². The molecule has 0 saturated heterocycles. The van der Waals surface area contributed by atoms with Crippen LogP contribution in [-0.4, -0.2) is 0 Å². The molecule has 4 aromatic carbocycles. The van der Waals surface area contributed by atoms with Crippen LogP contribution >= 0.6 is 0 Å². The third kappa shape index (κ3) is 1.86. The first-order valence-corrected chi connectivity index (χ1v) is 6.79. The van der Waals surface area contributed by atoms with E-state index in [4.69, 9.17) is 0 Å². The summed E-state index contributed by atoms with van der Waals surface area (Å²) in [5.41, 5.74) is 2.45. The third-order valence-corrected chi connectivity index (χ3v) is 3.75. The van der Waals surface area contributed by atoms with Crippen molar-refractivity contribution >= 4 is 21.5 Å². The quantitative estimate of drug-likeness (QED) is 0.395. The van der Waals surface area contributed by atoms with Crippen molar-refractivity contribution < 1.29 is 0 Å². The van der Waals surface area contributed by atoms with E-state index in [9.17, 15) is 0 Å². The van der Waals surface area contributed by atoms with Crippen molar-refractivity contribution in [2.45, 2.75) is 0 Å². The van der Waals surface area contributed by atoms with Crippen LogP contribution in [0.15, 0.2) is 78.9 Å². The molecule has 0 nitrogen and oxygen atoms in total. The van der Waals surface area contributed by atoms with Gasteiger partial charge in [0, 0.05) is 0 Å². The summed E-state index contributed by atoms with van der Waals surface area (Å²) >= 11 is 0. The van der Waals surface area contributed by atoms with Crippen molar-refractivity contribution in [2.24, 2.45) is 0 Å². The second-order valence-electron chi connectivity index (χ2n) is 5.05. The Balaban J connectivity index is 1.97. The van der Waals surface area contributed by atoms with Crippen LogP contribution in [0.25, 0.3) is 32.7 Å². The van der Waals surface area contributed by atoms with E-state index in [0.29, 0.717) is 0 Å². The fraction of sp³-hybridized carbons (Fsp3) is 0. The minimum atomic E-state index is 1.21. The summed E-state index contributed by atoms with van der Waals surface area (Å²) in [6.45, 7) is 0. The van der Waals surface area contributed by atoms with E-state index in [0.717, 1.165) is 0 Å². The first-order chi connectivity index (χ1) is 9.90. The maximum atomic E-state index is 3.14. The summed E-state index contributed by atoms with van der Waals surface area (Å²) in [6, 6.07) is 30.9. The molecular formula is C20H13. The van der Waals surface area contributed by atoms with Gasteiger partial charge in [-0.3, -0.25) is 0 Å². The molecular weight excluding hydrogens is 240 g/mol. The molecule has 0 N–H and O–H groups in total. The second-order valence-corrected chi connectivity index (χ2v) is 5.05. The summed E-state index contributed by atoms with van der Waals surface area (Å²) in [5.74, 6) is 0. The molecule has 0 aliphatic rings. The minimum absolute atomic E-state index is 1.21. The molecule has 0 unspecified atom stereocenters. The Bertz CT molecular complexity index is 889. The van der Waals surface area contributed by atoms with Crippen molar-refractivity contribution in [2.75, 3.05) is 0 Å². The Morgan fingerprint density at radius 1 is 0.550 bits per heavy atom. The lowest BCUT2D eigenvalue weighted by molar-refractivity contribution is 1.64. The molecule has 0 fully saturated rings. The molecule has 0 spiro atoms. The summed E-state index contributed by atoms with van der Waals surface area (Å²) in [7, 11) is 0. The van der Waals surface area contributed by atoms with Gasteiger partial charge in [0.25, 0.3) is 0 Å². The van der Waals surface area contributed by atoms with Crippen molar-refractivity contribution in [3.8, 4) is 11.1 Å². The molecule has 93 valence electrons. The molecule has 0 heterocycles. The lowest BCUT2D eigenvalue weighted by Gasteiger charge is -2.06. The van der Waals surface area contributed by atoms with E-state index in [1.807, 2.05) is 18.2 Å². The van der Waals surface area contributed by atoms with E-state index >= 15 is 0 Å². The van der Waals surface area contributed by atoms with E-state index in [1.54, 1.807) is 0 Å². The van der Waals surface area contributed by atoms with E-state index in [1.165, 1.54) is 32.7 Å². The molecule has 0 aliphatic carbocycles. The number of benzene rings is 4. The molecule has 0 heteroatoms. The number of fused-ring (bicyclic) bond motifs is 2. The van der Waals surface area contributed by atoms with Crippen LogP contribution in [0.4, 0.5) is 0 Å². The summed E-state index contributed by atoms with van der Waals surface area (Å²) in [6.07, 6.45) is 0. The zero-order valence-corrected chi connectivity index (χ0v) is 11.0. The van der Waals surface area contributed by atoms with Crippen LogP contribution in [0.3, 0.4) is 0 Å². The smallest absolute Gasteiger partial charge is 0.0171 e. The molecule has 4 aromatic rings. The van der Waals surface area contributed by atoms with Crippen LogP contribution in [0.2, 0.25) is 0 Å².